The Morgan fingerprint density at radius 1 is 1.44 bits per heavy atom. The van der Waals surface area contributed by atoms with Gasteiger partial charge in [0.25, 0.3) is 0 Å². The molecule has 0 atom stereocenters. The average Bonchev–Trinajstić information content (AvgIpc) is 2.33. The normalized spacial score (nSPS) is 17.1. The lowest BCUT2D eigenvalue weighted by molar-refractivity contribution is -0.101. The number of benzene rings is 1. The minimum absolute atomic E-state index is 0.101. The third-order valence-corrected chi connectivity index (χ3v) is 3.57. The molecule has 18 heavy (non-hydrogen) atoms. The standard InChI is InChI=1S/C14H22N2O2/c1-11-4-5-13(17-3)12(6-11)16(2)8-14(7-15)9-18-10-14/h4-6H,7-10,15H2,1-3H3. The molecule has 0 amide bonds. The molecule has 0 unspecified atom stereocenters. The maximum Gasteiger partial charge on any atom is 0.142 e. The lowest BCUT2D eigenvalue weighted by atomic mass is 9.85. The van der Waals surface area contributed by atoms with Crippen molar-refractivity contribution in [1.29, 1.82) is 0 Å². The van der Waals surface area contributed by atoms with Crippen LogP contribution in [-0.2, 0) is 4.74 Å². The number of hydrogen-bond acceptors (Lipinski definition) is 4. The minimum atomic E-state index is 0.101. The van der Waals surface area contributed by atoms with Crippen LogP contribution in [0.1, 0.15) is 5.56 Å². The summed E-state index contributed by atoms with van der Waals surface area (Å²) in [4.78, 5) is 2.21. The summed E-state index contributed by atoms with van der Waals surface area (Å²) in [7, 11) is 3.78. The lowest BCUT2D eigenvalue weighted by Gasteiger charge is -2.43. The molecule has 0 aliphatic carbocycles. The van der Waals surface area contributed by atoms with Crippen LogP contribution in [0.4, 0.5) is 5.69 Å². The van der Waals surface area contributed by atoms with E-state index in [0.717, 1.165) is 31.2 Å². The molecule has 4 nitrogen and oxygen atoms in total. The summed E-state index contributed by atoms with van der Waals surface area (Å²) in [6.07, 6.45) is 0. The number of anilines is 1. The molecule has 4 heteroatoms. The molecule has 1 fully saturated rings. The van der Waals surface area contributed by atoms with E-state index < -0.39 is 0 Å². The Labute approximate surface area is 109 Å². The van der Waals surface area contributed by atoms with Crippen molar-refractivity contribution in [2.75, 3.05) is 45.4 Å². The van der Waals surface area contributed by atoms with Crippen LogP contribution in [0.25, 0.3) is 0 Å². The van der Waals surface area contributed by atoms with Crippen molar-refractivity contribution in [2.45, 2.75) is 6.92 Å². The number of ether oxygens (including phenoxy) is 2. The van der Waals surface area contributed by atoms with Crippen molar-refractivity contribution in [1.82, 2.24) is 0 Å². The third kappa shape index (κ3) is 2.44. The van der Waals surface area contributed by atoms with Gasteiger partial charge in [0.05, 0.1) is 26.0 Å². The molecule has 0 radical (unpaired) electrons. The molecule has 2 rings (SSSR count). The highest BCUT2D eigenvalue weighted by Crippen LogP contribution is 2.33. The Morgan fingerprint density at radius 2 is 2.17 bits per heavy atom. The van der Waals surface area contributed by atoms with E-state index in [0.29, 0.717) is 6.54 Å². The van der Waals surface area contributed by atoms with E-state index in [9.17, 15) is 0 Å². The van der Waals surface area contributed by atoms with Crippen LogP contribution < -0.4 is 15.4 Å². The number of nitrogens with zero attached hydrogens (tertiary/aromatic N) is 1. The van der Waals surface area contributed by atoms with Crippen LogP contribution in [0.2, 0.25) is 0 Å². The van der Waals surface area contributed by atoms with Crippen molar-refractivity contribution in [3.63, 3.8) is 0 Å². The summed E-state index contributed by atoms with van der Waals surface area (Å²) in [6.45, 7) is 5.14. The molecular weight excluding hydrogens is 228 g/mol. The quantitative estimate of drug-likeness (QED) is 0.858. The first-order valence-electron chi connectivity index (χ1n) is 6.24. The van der Waals surface area contributed by atoms with E-state index in [-0.39, 0.29) is 5.41 Å². The predicted molar refractivity (Wildman–Crippen MR) is 73.3 cm³/mol. The van der Waals surface area contributed by atoms with Gasteiger partial charge >= 0.3 is 0 Å². The van der Waals surface area contributed by atoms with E-state index >= 15 is 0 Å². The Morgan fingerprint density at radius 3 is 2.67 bits per heavy atom. The zero-order valence-corrected chi connectivity index (χ0v) is 11.4. The fraction of sp³-hybridized carbons (Fsp3) is 0.571. The highest BCUT2D eigenvalue weighted by Gasteiger charge is 2.38. The van der Waals surface area contributed by atoms with Crippen LogP contribution in [0.5, 0.6) is 5.75 Å². The first-order chi connectivity index (χ1) is 8.60. The van der Waals surface area contributed by atoms with Crippen LogP contribution in [0.15, 0.2) is 18.2 Å². The number of rotatable bonds is 5. The first kappa shape index (κ1) is 13.2. The van der Waals surface area contributed by atoms with Gasteiger partial charge in [-0.05, 0) is 24.6 Å². The van der Waals surface area contributed by atoms with Crippen LogP contribution in [0.3, 0.4) is 0 Å². The minimum Gasteiger partial charge on any atom is -0.495 e. The van der Waals surface area contributed by atoms with Crippen molar-refractivity contribution in [3.05, 3.63) is 23.8 Å². The van der Waals surface area contributed by atoms with E-state index in [1.54, 1.807) is 7.11 Å². The predicted octanol–water partition coefficient (Wildman–Crippen LogP) is 1.42. The SMILES string of the molecule is COc1ccc(C)cc1N(C)CC1(CN)COC1. The first-order valence-corrected chi connectivity index (χ1v) is 6.24. The third-order valence-electron chi connectivity index (χ3n) is 3.57. The second kappa shape index (κ2) is 5.16. The molecule has 0 bridgehead atoms. The summed E-state index contributed by atoms with van der Waals surface area (Å²) in [5.74, 6) is 0.899. The van der Waals surface area contributed by atoms with Gasteiger partial charge in [0.15, 0.2) is 0 Å². The van der Waals surface area contributed by atoms with Gasteiger partial charge < -0.3 is 20.1 Å². The van der Waals surface area contributed by atoms with Crippen LogP contribution in [0, 0.1) is 12.3 Å². The lowest BCUT2D eigenvalue weighted by Crippen LogP contribution is -2.54. The van der Waals surface area contributed by atoms with Crippen molar-refractivity contribution < 1.29 is 9.47 Å². The summed E-state index contributed by atoms with van der Waals surface area (Å²) < 4.78 is 10.7. The molecule has 0 saturated carbocycles. The number of hydrogen-bond donors (Lipinski definition) is 1. The molecule has 1 aromatic rings. The van der Waals surface area contributed by atoms with E-state index in [1.165, 1.54) is 5.56 Å². The van der Waals surface area contributed by atoms with Gasteiger partial charge in [-0.1, -0.05) is 6.07 Å². The fourth-order valence-electron chi connectivity index (χ4n) is 2.35. The summed E-state index contributed by atoms with van der Waals surface area (Å²) in [6, 6.07) is 6.21. The highest BCUT2D eigenvalue weighted by molar-refractivity contribution is 5.59. The maximum atomic E-state index is 5.86. The van der Waals surface area contributed by atoms with Crippen molar-refractivity contribution in [2.24, 2.45) is 11.1 Å². The Kier molecular flexibility index (Phi) is 3.78. The van der Waals surface area contributed by atoms with Gasteiger partial charge in [-0.3, -0.25) is 0 Å². The highest BCUT2D eigenvalue weighted by atomic mass is 16.5. The topological polar surface area (TPSA) is 47.7 Å². The van der Waals surface area contributed by atoms with Crippen molar-refractivity contribution >= 4 is 5.69 Å². The Hall–Kier alpha value is -1.26. The zero-order valence-electron chi connectivity index (χ0n) is 11.4. The van der Waals surface area contributed by atoms with Gasteiger partial charge in [-0.15, -0.1) is 0 Å². The van der Waals surface area contributed by atoms with Gasteiger partial charge in [-0.2, -0.15) is 0 Å². The average molecular weight is 250 g/mol. The van der Waals surface area contributed by atoms with Gasteiger partial charge in [0, 0.05) is 25.6 Å². The fourth-order valence-corrected chi connectivity index (χ4v) is 2.35. The molecule has 1 saturated heterocycles. The summed E-state index contributed by atoms with van der Waals surface area (Å²) in [5.41, 5.74) is 8.29. The van der Waals surface area contributed by atoms with Crippen LogP contribution >= 0.6 is 0 Å². The van der Waals surface area contributed by atoms with E-state index in [4.69, 9.17) is 15.2 Å². The molecule has 2 N–H and O–H groups in total. The van der Waals surface area contributed by atoms with Gasteiger partial charge in [0.2, 0.25) is 0 Å². The van der Waals surface area contributed by atoms with Crippen molar-refractivity contribution in [3.8, 4) is 5.75 Å². The largest absolute Gasteiger partial charge is 0.495 e. The monoisotopic (exact) mass is 250 g/mol. The number of aryl methyl sites for hydroxylation is 1. The molecule has 0 spiro atoms. The molecule has 0 aromatic heterocycles. The number of methoxy groups -OCH3 is 1. The molecule has 100 valence electrons. The van der Waals surface area contributed by atoms with Crippen LogP contribution in [-0.4, -0.2) is 40.5 Å². The van der Waals surface area contributed by atoms with E-state index in [1.807, 2.05) is 6.07 Å². The number of nitrogens with two attached hydrogens (primary N) is 1. The Bertz CT molecular complexity index is 411. The molecule has 1 aromatic carbocycles. The molecule has 1 aliphatic rings. The summed E-state index contributed by atoms with van der Waals surface area (Å²) >= 11 is 0. The zero-order chi connectivity index (χ0) is 13.2. The summed E-state index contributed by atoms with van der Waals surface area (Å²) in [5, 5.41) is 0. The van der Waals surface area contributed by atoms with Gasteiger partial charge in [0.1, 0.15) is 5.75 Å². The molecular formula is C14H22N2O2. The van der Waals surface area contributed by atoms with E-state index in [2.05, 4.69) is 31.0 Å². The molecule has 1 aliphatic heterocycles. The Balaban J connectivity index is 2.17. The molecule has 1 heterocycles. The second-order valence-corrected chi connectivity index (χ2v) is 5.23. The maximum absolute atomic E-state index is 5.86. The van der Waals surface area contributed by atoms with Gasteiger partial charge in [-0.25, -0.2) is 0 Å². The smallest absolute Gasteiger partial charge is 0.142 e. The second-order valence-electron chi connectivity index (χ2n) is 5.23.